The zero-order valence-corrected chi connectivity index (χ0v) is 24.1. The van der Waals surface area contributed by atoms with Gasteiger partial charge < -0.3 is 9.11 Å². The van der Waals surface area contributed by atoms with E-state index in [4.69, 9.17) is 0 Å². The van der Waals surface area contributed by atoms with E-state index in [1.165, 1.54) is 12.1 Å². The van der Waals surface area contributed by atoms with Crippen LogP contribution in [0.2, 0.25) is 0 Å². The van der Waals surface area contributed by atoms with Crippen LogP contribution >= 0.6 is 0 Å². The second-order valence-corrected chi connectivity index (χ2v) is 9.82. The fraction of sp³-hybridized carbons (Fsp3) is 0.316. The summed E-state index contributed by atoms with van der Waals surface area (Å²) in [5.41, 5.74) is 3.57. The topological polar surface area (TPSA) is 121 Å². The van der Waals surface area contributed by atoms with Crippen molar-refractivity contribution in [1.82, 2.24) is 0 Å². The number of hydrogen-bond acceptors (Lipinski definition) is 7. The first kappa shape index (κ1) is 28.8. The maximum absolute atomic E-state index is 11.6. The molecule has 0 amide bonds. The molecule has 8 nitrogen and oxygen atoms in total. The minimum atomic E-state index is -4.61. The maximum atomic E-state index is 11.6. The van der Waals surface area contributed by atoms with Crippen LogP contribution in [0.5, 0.6) is 0 Å². The van der Waals surface area contributed by atoms with Gasteiger partial charge in [0.05, 0.1) is 9.79 Å². The van der Waals surface area contributed by atoms with Crippen LogP contribution in [-0.2, 0) is 20.2 Å². The quantitative estimate of drug-likeness (QED) is 0.246. The molecule has 0 saturated heterocycles. The van der Waals surface area contributed by atoms with Crippen molar-refractivity contribution >= 4 is 37.9 Å². The summed E-state index contributed by atoms with van der Waals surface area (Å²) >= 11 is 0. The van der Waals surface area contributed by atoms with Crippen molar-refractivity contribution in [3.8, 4) is 0 Å². The molecule has 2 aromatic carbocycles. The molecule has 2 aromatic rings. The largest absolute Gasteiger partial charge is 1.00 e. The Kier molecular flexibility index (Phi) is 9.59. The molecular weight excluding hydrogens is 462 g/mol. The number of benzene rings is 2. The molecule has 31 heavy (non-hydrogen) atoms. The van der Waals surface area contributed by atoms with Crippen LogP contribution < -0.4 is 64.0 Å². The van der Waals surface area contributed by atoms with E-state index in [0.717, 1.165) is 11.1 Å². The fourth-order valence-corrected chi connectivity index (χ4v) is 5.31. The minimum absolute atomic E-state index is 0. The number of rotatable bonds is 4. The van der Waals surface area contributed by atoms with Gasteiger partial charge in [-0.1, -0.05) is 12.1 Å². The van der Waals surface area contributed by atoms with Gasteiger partial charge in [0.25, 0.3) is 0 Å². The average Bonchev–Trinajstić information content (AvgIpc) is 3.01. The summed E-state index contributed by atoms with van der Waals surface area (Å²) in [5.74, 6) is 0. The van der Waals surface area contributed by atoms with E-state index in [9.17, 15) is 25.9 Å². The first-order valence-electron chi connectivity index (χ1n) is 8.83. The van der Waals surface area contributed by atoms with Crippen molar-refractivity contribution in [3.63, 3.8) is 0 Å². The fourth-order valence-electron chi connectivity index (χ4n) is 3.90. The van der Waals surface area contributed by atoms with Gasteiger partial charge in [-0.25, -0.2) is 26.3 Å². The van der Waals surface area contributed by atoms with Crippen molar-refractivity contribution < 1.29 is 89.6 Å². The smallest absolute Gasteiger partial charge is 0.744 e. The van der Waals surface area contributed by atoms with Crippen LogP contribution in [0.15, 0.2) is 34.1 Å². The first-order chi connectivity index (χ1) is 13.3. The van der Waals surface area contributed by atoms with Crippen LogP contribution in [0.1, 0.15) is 22.3 Å². The number of anilines is 1. The Balaban J connectivity index is 0.00000240. The van der Waals surface area contributed by atoms with E-state index in [-0.39, 0.29) is 68.9 Å². The summed E-state index contributed by atoms with van der Waals surface area (Å²) in [4.78, 5) is 1.30. The molecule has 0 aromatic heterocycles. The van der Waals surface area contributed by atoms with Crippen LogP contribution in [0.3, 0.4) is 0 Å². The number of aryl methyl sites for hydroxylation is 2. The Labute approximate surface area is 227 Å². The van der Waals surface area contributed by atoms with Gasteiger partial charge >= 0.3 is 59.1 Å². The third kappa shape index (κ3) is 5.81. The van der Waals surface area contributed by atoms with E-state index in [1.807, 2.05) is 23.3 Å². The SMILES string of the molecule is Cc1ccc(S(=O)(=O)[O-])c(C)c1N1C=[N+](c2c(C)ccc(S(=O)(=O)[O-])c2C)CC1.[Na+].[Na+]. The summed E-state index contributed by atoms with van der Waals surface area (Å²) in [6.45, 7) is 7.81. The number of nitrogens with zero attached hydrogens (tertiary/aromatic N) is 2. The monoisotopic (exact) mass is 483 g/mol. The molecule has 0 atom stereocenters. The van der Waals surface area contributed by atoms with Crippen LogP contribution in [0.4, 0.5) is 11.4 Å². The molecule has 0 bridgehead atoms. The maximum Gasteiger partial charge on any atom is 1.00 e. The van der Waals surface area contributed by atoms with Gasteiger partial charge in [-0.2, -0.15) is 0 Å². The van der Waals surface area contributed by atoms with Gasteiger partial charge in [0, 0.05) is 11.1 Å². The third-order valence-electron chi connectivity index (χ3n) is 5.14. The second-order valence-electron chi connectivity index (χ2n) is 7.12. The molecule has 0 unspecified atom stereocenters. The van der Waals surface area contributed by atoms with Gasteiger partial charge in [-0.3, -0.25) is 0 Å². The molecule has 12 heteroatoms. The molecule has 1 aliphatic rings. The average molecular weight is 483 g/mol. The molecule has 0 saturated carbocycles. The van der Waals surface area contributed by atoms with Gasteiger partial charge in [-0.05, 0) is 51.0 Å². The van der Waals surface area contributed by atoms with Gasteiger partial charge in [0.15, 0.2) is 0 Å². The van der Waals surface area contributed by atoms with Crippen molar-refractivity contribution in [2.24, 2.45) is 0 Å². The van der Waals surface area contributed by atoms with E-state index >= 15 is 0 Å². The summed E-state index contributed by atoms with van der Waals surface area (Å²) < 4.78 is 71.2. The molecule has 0 radical (unpaired) electrons. The van der Waals surface area contributed by atoms with Crippen LogP contribution in [0.25, 0.3) is 0 Å². The van der Waals surface area contributed by atoms with Crippen molar-refractivity contribution in [1.29, 1.82) is 0 Å². The van der Waals surface area contributed by atoms with Crippen molar-refractivity contribution in [2.45, 2.75) is 37.5 Å². The summed E-state index contributed by atoms with van der Waals surface area (Å²) in [6, 6.07) is 5.79. The molecule has 0 aliphatic carbocycles. The van der Waals surface area contributed by atoms with Gasteiger partial charge in [-0.15, -0.1) is 0 Å². The Morgan fingerprint density at radius 1 is 0.806 bits per heavy atom. The molecule has 3 rings (SSSR count). The summed E-state index contributed by atoms with van der Waals surface area (Å²) in [7, 11) is -9.22. The van der Waals surface area contributed by atoms with Gasteiger partial charge in [0.2, 0.25) is 6.34 Å². The van der Waals surface area contributed by atoms with E-state index in [2.05, 4.69) is 0 Å². The van der Waals surface area contributed by atoms with E-state index < -0.39 is 20.2 Å². The van der Waals surface area contributed by atoms with Crippen molar-refractivity contribution in [2.75, 3.05) is 18.0 Å². The first-order valence-corrected chi connectivity index (χ1v) is 11.6. The second kappa shape index (κ2) is 10.3. The van der Waals surface area contributed by atoms with Crippen LogP contribution in [-0.4, -0.2) is 49.9 Å². The molecule has 0 fully saturated rings. The molecule has 0 spiro atoms. The summed E-state index contributed by atoms with van der Waals surface area (Å²) in [6.07, 6.45) is 1.74. The molecule has 1 aliphatic heterocycles. The van der Waals surface area contributed by atoms with E-state index in [1.54, 1.807) is 32.3 Å². The predicted octanol–water partition coefficient (Wildman–Crippen LogP) is -4.07. The zero-order valence-electron chi connectivity index (χ0n) is 18.5. The standard InChI is InChI=1S/C19H22N2O6S2.2Na/c1-12-5-7-16(28(22,23)24)14(3)18(12)20-9-10-21(11-20)19-13(2)6-8-17(15(19)4)29(25,26)27;;/h5-8,11H,9-10H2,1-4H3,(H-,22,23,24,25,26,27);;/q;2*+1/p-1. The molecule has 1 heterocycles. The Hall–Kier alpha value is -0.270. The Morgan fingerprint density at radius 2 is 1.29 bits per heavy atom. The normalized spacial score (nSPS) is 14.0. The van der Waals surface area contributed by atoms with Crippen molar-refractivity contribution in [3.05, 3.63) is 46.5 Å². The molecular formula is C19H21N2Na2O6S2+. The van der Waals surface area contributed by atoms with E-state index in [0.29, 0.717) is 35.6 Å². The number of hydrogen-bond donors (Lipinski definition) is 0. The minimum Gasteiger partial charge on any atom is -0.744 e. The Morgan fingerprint density at radius 3 is 1.81 bits per heavy atom. The molecule has 0 N–H and O–H groups in total. The molecule has 156 valence electrons. The van der Waals surface area contributed by atoms with Crippen LogP contribution in [0, 0.1) is 27.7 Å². The van der Waals surface area contributed by atoms with Gasteiger partial charge in [0.1, 0.15) is 44.7 Å². The summed E-state index contributed by atoms with van der Waals surface area (Å²) in [5, 5.41) is 0. The third-order valence-corrected chi connectivity index (χ3v) is 7.10. The predicted molar refractivity (Wildman–Crippen MR) is 106 cm³/mol. The zero-order chi connectivity index (χ0) is 21.7. The Bertz CT molecular complexity index is 1260.